The fourth-order valence-corrected chi connectivity index (χ4v) is 3.74. The molecule has 2 amide bonds. The SMILES string of the molecule is CCc1ccc(C(=O)CCC(=O)NCC(=O)N2CCN(c3cccc(Cl)c3)CC2)cc1. The third-order valence-electron chi connectivity index (χ3n) is 5.51. The second-order valence-corrected chi connectivity index (χ2v) is 8.03. The van der Waals surface area contributed by atoms with Crippen molar-refractivity contribution in [3.63, 3.8) is 0 Å². The zero-order valence-electron chi connectivity index (χ0n) is 17.8. The lowest BCUT2D eigenvalue weighted by Crippen LogP contribution is -2.51. The summed E-state index contributed by atoms with van der Waals surface area (Å²) in [5.74, 6) is -0.466. The first-order valence-corrected chi connectivity index (χ1v) is 11.0. The van der Waals surface area contributed by atoms with Crippen molar-refractivity contribution in [1.29, 1.82) is 0 Å². The minimum absolute atomic E-state index is 0.0462. The maximum Gasteiger partial charge on any atom is 0.242 e. The second kappa shape index (κ2) is 11.0. The molecule has 2 aromatic rings. The number of rotatable bonds is 8. The number of nitrogens with zero attached hydrogens (tertiary/aromatic N) is 2. The summed E-state index contributed by atoms with van der Waals surface area (Å²) in [5.41, 5.74) is 2.82. The number of hydrogen-bond donors (Lipinski definition) is 1. The van der Waals surface area contributed by atoms with E-state index < -0.39 is 0 Å². The molecule has 0 unspecified atom stereocenters. The van der Waals surface area contributed by atoms with E-state index in [-0.39, 0.29) is 37.0 Å². The summed E-state index contributed by atoms with van der Waals surface area (Å²) < 4.78 is 0. The van der Waals surface area contributed by atoms with Crippen LogP contribution in [0.3, 0.4) is 0 Å². The van der Waals surface area contributed by atoms with Crippen LogP contribution in [0.25, 0.3) is 0 Å². The van der Waals surface area contributed by atoms with E-state index >= 15 is 0 Å². The molecule has 0 atom stereocenters. The number of anilines is 1. The molecule has 0 spiro atoms. The van der Waals surface area contributed by atoms with Crippen molar-refractivity contribution in [2.24, 2.45) is 0 Å². The molecule has 0 radical (unpaired) electrons. The van der Waals surface area contributed by atoms with Gasteiger partial charge >= 0.3 is 0 Å². The summed E-state index contributed by atoms with van der Waals surface area (Å²) in [4.78, 5) is 40.7. The van der Waals surface area contributed by atoms with Gasteiger partial charge in [0.1, 0.15) is 0 Å². The first-order valence-electron chi connectivity index (χ1n) is 10.6. The van der Waals surface area contributed by atoms with E-state index in [4.69, 9.17) is 11.6 Å². The van der Waals surface area contributed by atoms with Gasteiger partial charge in [0.25, 0.3) is 0 Å². The van der Waals surface area contributed by atoms with Crippen LogP contribution < -0.4 is 10.2 Å². The number of piperazine rings is 1. The molecule has 2 aromatic carbocycles. The number of nitrogens with one attached hydrogen (secondary N) is 1. The number of carbonyl (C=O) groups excluding carboxylic acids is 3. The summed E-state index contributed by atoms with van der Waals surface area (Å²) in [6, 6.07) is 15.1. The first-order chi connectivity index (χ1) is 15.0. The van der Waals surface area contributed by atoms with Crippen LogP contribution in [0.15, 0.2) is 48.5 Å². The van der Waals surface area contributed by atoms with Gasteiger partial charge in [-0.3, -0.25) is 14.4 Å². The minimum atomic E-state index is -0.288. The Morgan fingerprint density at radius 2 is 1.68 bits per heavy atom. The van der Waals surface area contributed by atoms with Crippen molar-refractivity contribution in [2.45, 2.75) is 26.2 Å². The Labute approximate surface area is 188 Å². The van der Waals surface area contributed by atoms with E-state index in [2.05, 4.69) is 17.1 Å². The van der Waals surface area contributed by atoms with Gasteiger partial charge in [-0.15, -0.1) is 0 Å². The van der Waals surface area contributed by atoms with E-state index in [1.165, 1.54) is 5.56 Å². The van der Waals surface area contributed by atoms with Crippen LogP contribution in [0.4, 0.5) is 5.69 Å². The molecule has 1 saturated heterocycles. The van der Waals surface area contributed by atoms with Gasteiger partial charge in [-0.1, -0.05) is 48.9 Å². The van der Waals surface area contributed by atoms with Crippen LogP contribution in [0, 0.1) is 0 Å². The van der Waals surface area contributed by atoms with Crippen LogP contribution in [0.1, 0.15) is 35.7 Å². The number of Topliss-reactive ketones (excluding diaryl/α,β-unsaturated/α-hetero) is 1. The van der Waals surface area contributed by atoms with E-state index in [0.717, 1.165) is 12.1 Å². The highest BCUT2D eigenvalue weighted by Crippen LogP contribution is 2.20. The topological polar surface area (TPSA) is 69.7 Å². The van der Waals surface area contributed by atoms with Gasteiger partial charge in [0.05, 0.1) is 6.54 Å². The summed E-state index contributed by atoms with van der Waals surface area (Å²) in [6.45, 7) is 4.62. The van der Waals surface area contributed by atoms with E-state index in [1.54, 1.807) is 17.0 Å². The van der Waals surface area contributed by atoms with Crippen molar-refractivity contribution in [3.8, 4) is 0 Å². The first kappa shape index (κ1) is 22.8. The van der Waals surface area contributed by atoms with Gasteiger partial charge in [0, 0.05) is 55.3 Å². The molecule has 0 saturated carbocycles. The minimum Gasteiger partial charge on any atom is -0.368 e. The fraction of sp³-hybridized carbons (Fsp3) is 0.375. The quantitative estimate of drug-likeness (QED) is 0.638. The lowest BCUT2D eigenvalue weighted by molar-refractivity contribution is -0.133. The van der Waals surface area contributed by atoms with E-state index in [1.807, 2.05) is 36.4 Å². The van der Waals surface area contributed by atoms with Crippen molar-refractivity contribution in [1.82, 2.24) is 10.2 Å². The normalized spacial score (nSPS) is 13.7. The molecule has 1 N–H and O–H groups in total. The molecule has 164 valence electrons. The molecule has 3 rings (SSSR count). The molecule has 0 bridgehead atoms. The van der Waals surface area contributed by atoms with E-state index in [9.17, 15) is 14.4 Å². The average molecular weight is 442 g/mol. The second-order valence-electron chi connectivity index (χ2n) is 7.60. The van der Waals surface area contributed by atoms with Crippen molar-refractivity contribution in [2.75, 3.05) is 37.6 Å². The number of amides is 2. The molecule has 6 nitrogen and oxygen atoms in total. The molecule has 0 aliphatic carbocycles. The summed E-state index contributed by atoms with van der Waals surface area (Å²) in [6.07, 6.45) is 1.12. The van der Waals surface area contributed by atoms with Crippen LogP contribution in [-0.2, 0) is 16.0 Å². The van der Waals surface area contributed by atoms with Gasteiger partial charge < -0.3 is 15.1 Å². The van der Waals surface area contributed by atoms with Crippen molar-refractivity contribution >= 4 is 34.9 Å². The number of carbonyl (C=O) groups is 3. The number of ketones is 1. The van der Waals surface area contributed by atoms with Crippen molar-refractivity contribution < 1.29 is 14.4 Å². The molecule has 0 aromatic heterocycles. The predicted octanol–water partition coefficient (Wildman–Crippen LogP) is 3.33. The third kappa shape index (κ3) is 6.56. The average Bonchev–Trinajstić information content (AvgIpc) is 2.81. The highest BCUT2D eigenvalue weighted by atomic mass is 35.5. The number of benzene rings is 2. The third-order valence-corrected chi connectivity index (χ3v) is 5.74. The summed E-state index contributed by atoms with van der Waals surface area (Å²) in [7, 11) is 0. The van der Waals surface area contributed by atoms with Crippen LogP contribution >= 0.6 is 11.6 Å². The Morgan fingerprint density at radius 3 is 2.32 bits per heavy atom. The van der Waals surface area contributed by atoms with Gasteiger partial charge in [-0.05, 0) is 30.2 Å². The van der Waals surface area contributed by atoms with Crippen LogP contribution in [-0.4, -0.2) is 55.2 Å². The smallest absolute Gasteiger partial charge is 0.242 e. The highest BCUT2D eigenvalue weighted by molar-refractivity contribution is 6.30. The van der Waals surface area contributed by atoms with Gasteiger partial charge in [-0.25, -0.2) is 0 Å². The fourth-order valence-electron chi connectivity index (χ4n) is 3.56. The Morgan fingerprint density at radius 1 is 0.968 bits per heavy atom. The number of halogens is 1. The van der Waals surface area contributed by atoms with Gasteiger partial charge in [-0.2, -0.15) is 0 Å². The maximum atomic E-state index is 12.4. The van der Waals surface area contributed by atoms with Crippen LogP contribution in [0.2, 0.25) is 5.02 Å². The molecule has 1 aliphatic rings. The van der Waals surface area contributed by atoms with E-state index in [0.29, 0.717) is 36.8 Å². The number of hydrogen-bond acceptors (Lipinski definition) is 4. The molecule has 1 aliphatic heterocycles. The lowest BCUT2D eigenvalue weighted by atomic mass is 10.0. The molecular formula is C24H28ClN3O3. The lowest BCUT2D eigenvalue weighted by Gasteiger charge is -2.36. The molecular weight excluding hydrogens is 414 g/mol. The largest absolute Gasteiger partial charge is 0.368 e. The zero-order chi connectivity index (χ0) is 22.2. The Bertz CT molecular complexity index is 922. The van der Waals surface area contributed by atoms with Gasteiger partial charge in [0.15, 0.2) is 5.78 Å². The van der Waals surface area contributed by atoms with Crippen molar-refractivity contribution in [3.05, 3.63) is 64.7 Å². The number of aryl methyl sites for hydroxylation is 1. The highest BCUT2D eigenvalue weighted by Gasteiger charge is 2.21. The summed E-state index contributed by atoms with van der Waals surface area (Å²) in [5, 5.41) is 3.33. The predicted molar refractivity (Wildman–Crippen MR) is 123 cm³/mol. The Kier molecular flexibility index (Phi) is 8.06. The molecule has 1 heterocycles. The summed E-state index contributed by atoms with van der Waals surface area (Å²) >= 11 is 6.05. The van der Waals surface area contributed by atoms with Crippen LogP contribution in [0.5, 0.6) is 0 Å². The Balaban J connectivity index is 1.37. The zero-order valence-corrected chi connectivity index (χ0v) is 18.5. The maximum absolute atomic E-state index is 12.4. The molecule has 1 fully saturated rings. The van der Waals surface area contributed by atoms with Gasteiger partial charge in [0.2, 0.25) is 11.8 Å². The monoisotopic (exact) mass is 441 g/mol. The molecule has 31 heavy (non-hydrogen) atoms. The standard InChI is InChI=1S/C24H28ClN3O3/c1-2-18-6-8-19(9-7-18)22(29)10-11-23(30)26-17-24(31)28-14-12-27(13-15-28)21-5-3-4-20(25)16-21/h3-9,16H,2,10-15,17H2,1H3,(H,26,30). The Hall–Kier alpha value is -2.86. The molecule has 7 heteroatoms.